The van der Waals surface area contributed by atoms with Crippen LogP contribution in [0.1, 0.15) is 39.0 Å². The van der Waals surface area contributed by atoms with Crippen LogP contribution < -0.4 is 11.1 Å². The molecule has 4 nitrogen and oxygen atoms in total. The number of ether oxygens (including phenoxy) is 1. The van der Waals surface area contributed by atoms with E-state index >= 15 is 0 Å². The molecule has 0 aromatic heterocycles. The molecule has 1 aliphatic heterocycles. The third-order valence-electron chi connectivity index (χ3n) is 4.17. The molecule has 0 spiro atoms. The SMILES string of the molecule is CC1CC(C(=O)NC2CCOCC2)CCC1N. The number of hydrogen-bond donors (Lipinski definition) is 2. The lowest BCUT2D eigenvalue weighted by Crippen LogP contribution is -2.45. The van der Waals surface area contributed by atoms with Gasteiger partial charge in [0.1, 0.15) is 0 Å². The first-order valence-corrected chi connectivity index (χ1v) is 6.80. The zero-order valence-electron chi connectivity index (χ0n) is 10.7. The predicted molar refractivity (Wildman–Crippen MR) is 66.5 cm³/mol. The molecule has 4 heteroatoms. The lowest BCUT2D eigenvalue weighted by Gasteiger charge is -2.32. The van der Waals surface area contributed by atoms with Crippen molar-refractivity contribution in [2.75, 3.05) is 13.2 Å². The number of carbonyl (C=O) groups excluding carboxylic acids is 1. The number of nitrogens with two attached hydrogens (primary N) is 1. The molecular weight excluding hydrogens is 216 g/mol. The fourth-order valence-corrected chi connectivity index (χ4v) is 2.82. The van der Waals surface area contributed by atoms with Crippen LogP contribution in [0, 0.1) is 11.8 Å². The first kappa shape index (κ1) is 12.8. The molecule has 0 radical (unpaired) electrons. The van der Waals surface area contributed by atoms with Crippen molar-refractivity contribution >= 4 is 5.91 Å². The second-order valence-electron chi connectivity index (χ2n) is 5.55. The maximum Gasteiger partial charge on any atom is 0.223 e. The van der Waals surface area contributed by atoms with Gasteiger partial charge in [0, 0.05) is 31.2 Å². The highest BCUT2D eigenvalue weighted by molar-refractivity contribution is 5.79. The lowest BCUT2D eigenvalue weighted by molar-refractivity contribution is -0.127. The molecule has 98 valence electrons. The minimum Gasteiger partial charge on any atom is -0.381 e. The maximum atomic E-state index is 12.1. The van der Waals surface area contributed by atoms with Crippen LogP contribution in [0.4, 0.5) is 0 Å². The molecule has 0 aromatic carbocycles. The van der Waals surface area contributed by atoms with Crippen LogP contribution in [-0.2, 0) is 9.53 Å². The van der Waals surface area contributed by atoms with E-state index in [4.69, 9.17) is 10.5 Å². The highest BCUT2D eigenvalue weighted by atomic mass is 16.5. The van der Waals surface area contributed by atoms with Gasteiger partial charge in [0.25, 0.3) is 0 Å². The first-order valence-electron chi connectivity index (χ1n) is 6.80. The van der Waals surface area contributed by atoms with Crippen LogP contribution in [-0.4, -0.2) is 31.2 Å². The molecule has 1 saturated heterocycles. The molecule has 2 aliphatic rings. The molecule has 3 atom stereocenters. The van der Waals surface area contributed by atoms with Gasteiger partial charge in [-0.3, -0.25) is 4.79 Å². The standard InChI is InChI=1S/C13H24N2O2/c1-9-8-10(2-3-12(9)14)13(16)15-11-4-6-17-7-5-11/h9-12H,2-8,14H2,1H3,(H,15,16). The summed E-state index contributed by atoms with van der Waals surface area (Å²) in [6.45, 7) is 3.70. The first-order chi connectivity index (χ1) is 8.16. The van der Waals surface area contributed by atoms with E-state index < -0.39 is 0 Å². The second kappa shape index (κ2) is 5.83. The highest BCUT2D eigenvalue weighted by Crippen LogP contribution is 2.28. The zero-order chi connectivity index (χ0) is 12.3. The quantitative estimate of drug-likeness (QED) is 0.758. The zero-order valence-corrected chi connectivity index (χ0v) is 10.7. The number of nitrogens with one attached hydrogen (secondary N) is 1. The number of carbonyl (C=O) groups is 1. The summed E-state index contributed by atoms with van der Waals surface area (Å²) in [5.41, 5.74) is 5.98. The Balaban J connectivity index is 1.79. The van der Waals surface area contributed by atoms with Crippen LogP contribution >= 0.6 is 0 Å². The van der Waals surface area contributed by atoms with Gasteiger partial charge in [-0.25, -0.2) is 0 Å². The molecule has 0 aromatic rings. The monoisotopic (exact) mass is 240 g/mol. The van der Waals surface area contributed by atoms with Crippen molar-refractivity contribution in [1.29, 1.82) is 0 Å². The smallest absolute Gasteiger partial charge is 0.223 e. The van der Waals surface area contributed by atoms with E-state index in [9.17, 15) is 4.79 Å². The molecule has 2 rings (SSSR count). The van der Waals surface area contributed by atoms with Gasteiger partial charge < -0.3 is 15.8 Å². The Morgan fingerprint density at radius 2 is 1.94 bits per heavy atom. The maximum absolute atomic E-state index is 12.1. The lowest BCUT2D eigenvalue weighted by atomic mass is 9.79. The molecular formula is C13H24N2O2. The Morgan fingerprint density at radius 1 is 1.24 bits per heavy atom. The molecule has 1 aliphatic carbocycles. The average Bonchev–Trinajstić information content (AvgIpc) is 2.34. The van der Waals surface area contributed by atoms with E-state index in [0.717, 1.165) is 45.3 Å². The van der Waals surface area contributed by atoms with Crippen molar-refractivity contribution in [3.63, 3.8) is 0 Å². The average molecular weight is 240 g/mol. The van der Waals surface area contributed by atoms with E-state index in [1.54, 1.807) is 0 Å². The Bertz CT molecular complexity index is 264. The van der Waals surface area contributed by atoms with Crippen molar-refractivity contribution in [3.8, 4) is 0 Å². The predicted octanol–water partition coefficient (Wildman–Crippen LogP) is 1.05. The van der Waals surface area contributed by atoms with Crippen LogP contribution in [0.2, 0.25) is 0 Å². The van der Waals surface area contributed by atoms with Crippen molar-refractivity contribution in [3.05, 3.63) is 0 Å². The van der Waals surface area contributed by atoms with Crippen LogP contribution in [0.15, 0.2) is 0 Å². The van der Waals surface area contributed by atoms with E-state index in [1.807, 2.05) is 0 Å². The second-order valence-corrected chi connectivity index (χ2v) is 5.55. The van der Waals surface area contributed by atoms with E-state index in [2.05, 4.69) is 12.2 Å². The largest absolute Gasteiger partial charge is 0.381 e. The summed E-state index contributed by atoms with van der Waals surface area (Å²) in [5.74, 6) is 0.873. The van der Waals surface area contributed by atoms with Crippen LogP contribution in [0.25, 0.3) is 0 Å². The molecule has 3 unspecified atom stereocenters. The fourth-order valence-electron chi connectivity index (χ4n) is 2.82. The molecule has 1 saturated carbocycles. The molecule has 0 bridgehead atoms. The van der Waals surface area contributed by atoms with Gasteiger partial charge in [-0.15, -0.1) is 0 Å². The molecule has 1 heterocycles. The van der Waals surface area contributed by atoms with Gasteiger partial charge in [-0.05, 0) is 38.0 Å². The summed E-state index contributed by atoms with van der Waals surface area (Å²) in [4.78, 5) is 12.1. The number of amides is 1. The summed E-state index contributed by atoms with van der Waals surface area (Å²) in [5, 5.41) is 3.16. The van der Waals surface area contributed by atoms with Gasteiger partial charge in [-0.1, -0.05) is 6.92 Å². The molecule has 3 N–H and O–H groups in total. The summed E-state index contributed by atoms with van der Waals surface area (Å²) < 4.78 is 5.29. The molecule has 17 heavy (non-hydrogen) atoms. The topological polar surface area (TPSA) is 64.3 Å². The van der Waals surface area contributed by atoms with E-state index in [1.165, 1.54) is 0 Å². The minimum atomic E-state index is 0.174. The Kier molecular flexibility index (Phi) is 4.40. The third kappa shape index (κ3) is 3.42. The Labute approximate surface area is 103 Å². The Hall–Kier alpha value is -0.610. The molecule has 2 fully saturated rings. The van der Waals surface area contributed by atoms with Crippen molar-refractivity contribution in [1.82, 2.24) is 5.32 Å². The summed E-state index contributed by atoms with van der Waals surface area (Å²) in [6, 6.07) is 0.601. The number of rotatable bonds is 2. The van der Waals surface area contributed by atoms with E-state index in [0.29, 0.717) is 12.0 Å². The summed E-state index contributed by atoms with van der Waals surface area (Å²) in [7, 11) is 0. The van der Waals surface area contributed by atoms with Crippen molar-refractivity contribution in [2.24, 2.45) is 17.6 Å². The van der Waals surface area contributed by atoms with Crippen LogP contribution in [0.3, 0.4) is 0 Å². The summed E-state index contributed by atoms with van der Waals surface area (Å²) >= 11 is 0. The van der Waals surface area contributed by atoms with Gasteiger partial charge in [0.05, 0.1) is 0 Å². The normalized spacial score (nSPS) is 35.5. The minimum absolute atomic E-state index is 0.174. The molecule has 1 amide bonds. The van der Waals surface area contributed by atoms with Gasteiger partial charge in [0.2, 0.25) is 5.91 Å². The van der Waals surface area contributed by atoms with Crippen LogP contribution in [0.5, 0.6) is 0 Å². The van der Waals surface area contributed by atoms with Crippen molar-refractivity contribution in [2.45, 2.75) is 51.1 Å². The van der Waals surface area contributed by atoms with Gasteiger partial charge in [0.15, 0.2) is 0 Å². The third-order valence-corrected chi connectivity index (χ3v) is 4.17. The van der Waals surface area contributed by atoms with Crippen molar-refractivity contribution < 1.29 is 9.53 Å². The van der Waals surface area contributed by atoms with Gasteiger partial charge >= 0.3 is 0 Å². The highest BCUT2D eigenvalue weighted by Gasteiger charge is 2.30. The van der Waals surface area contributed by atoms with Gasteiger partial charge in [-0.2, -0.15) is 0 Å². The summed E-state index contributed by atoms with van der Waals surface area (Å²) in [6.07, 6.45) is 4.77. The Morgan fingerprint density at radius 3 is 2.59 bits per heavy atom. The van der Waals surface area contributed by atoms with E-state index in [-0.39, 0.29) is 17.9 Å². The number of hydrogen-bond acceptors (Lipinski definition) is 3. The fraction of sp³-hybridized carbons (Fsp3) is 0.923.